The fourth-order valence-electron chi connectivity index (χ4n) is 2.36. The van der Waals surface area contributed by atoms with Gasteiger partial charge in [0.15, 0.2) is 0 Å². The number of nitrogens with one attached hydrogen (secondary N) is 1. The van der Waals surface area contributed by atoms with Gasteiger partial charge in [-0.2, -0.15) is 0 Å². The summed E-state index contributed by atoms with van der Waals surface area (Å²) in [5.74, 6) is -1.07. The minimum Gasteiger partial charge on any atom is -0.342 e. The van der Waals surface area contributed by atoms with Crippen molar-refractivity contribution in [2.75, 3.05) is 0 Å². The van der Waals surface area contributed by atoms with Crippen LogP contribution in [0.25, 0.3) is 0 Å². The highest BCUT2D eigenvalue weighted by atomic mass is 79.9. The molecule has 0 radical (unpaired) electrons. The van der Waals surface area contributed by atoms with Crippen LogP contribution in [0.2, 0.25) is 0 Å². The summed E-state index contributed by atoms with van der Waals surface area (Å²) in [7, 11) is 0. The molecule has 0 heterocycles. The van der Waals surface area contributed by atoms with E-state index in [1.165, 1.54) is 30.3 Å². The second kappa shape index (κ2) is 5.22. The van der Waals surface area contributed by atoms with Gasteiger partial charge < -0.3 is 5.32 Å². The molecule has 1 saturated carbocycles. The maximum Gasteiger partial charge on any atom is 0.251 e. The lowest BCUT2D eigenvalue weighted by atomic mass is 10.0. The predicted octanol–water partition coefficient (Wildman–Crippen LogP) is 4.15. The first-order chi connectivity index (χ1) is 10.00. The summed E-state index contributed by atoms with van der Waals surface area (Å²) in [5, 5.41) is 2.86. The molecule has 2 aromatic carbocycles. The van der Waals surface area contributed by atoms with E-state index in [0.717, 1.165) is 0 Å². The minimum absolute atomic E-state index is 0.324. The van der Waals surface area contributed by atoms with E-state index < -0.39 is 11.4 Å². The average molecular weight is 352 g/mol. The molecule has 21 heavy (non-hydrogen) atoms. The Morgan fingerprint density at radius 1 is 1.10 bits per heavy atom. The average Bonchev–Trinajstić information content (AvgIpc) is 3.19. The van der Waals surface area contributed by atoms with Crippen molar-refractivity contribution < 1.29 is 13.6 Å². The van der Waals surface area contributed by atoms with Crippen molar-refractivity contribution >= 4 is 21.8 Å². The maximum absolute atomic E-state index is 14.1. The number of amides is 1. The van der Waals surface area contributed by atoms with E-state index in [-0.39, 0.29) is 11.7 Å². The van der Waals surface area contributed by atoms with Crippen molar-refractivity contribution in [1.82, 2.24) is 5.32 Å². The molecule has 0 bridgehead atoms. The summed E-state index contributed by atoms with van der Waals surface area (Å²) in [6.45, 7) is 0. The molecular weight excluding hydrogens is 340 g/mol. The molecular formula is C16H12BrF2NO. The lowest BCUT2D eigenvalue weighted by Gasteiger charge is -2.19. The van der Waals surface area contributed by atoms with Crippen LogP contribution in [-0.4, -0.2) is 5.91 Å². The molecule has 5 heteroatoms. The van der Waals surface area contributed by atoms with Crippen molar-refractivity contribution in [2.45, 2.75) is 18.4 Å². The molecule has 0 atom stereocenters. The number of hydrogen-bond acceptors (Lipinski definition) is 1. The van der Waals surface area contributed by atoms with E-state index in [4.69, 9.17) is 0 Å². The fraction of sp³-hybridized carbons (Fsp3) is 0.188. The molecule has 0 unspecified atom stereocenters. The smallest absolute Gasteiger partial charge is 0.251 e. The zero-order chi connectivity index (χ0) is 15.0. The van der Waals surface area contributed by atoms with Crippen molar-refractivity contribution in [3.05, 3.63) is 69.7 Å². The van der Waals surface area contributed by atoms with Gasteiger partial charge in [0.1, 0.15) is 11.6 Å². The standard InChI is InChI=1S/C16H12BrF2NO/c17-11-3-6-13(14(19)9-11)16(7-8-16)20-15(21)10-1-4-12(18)5-2-10/h1-6,9H,7-8H2,(H,20,21). The number of benzene rings is 2. The third kappa shape index (κ3) is 2.83. The quantitative estimate of drug-likeness (QED) is 0.884. The lowest BCUT2D eigenvalue weighted by molar-refractivity contribution is 0.0930. The minimum atomic E-state index is -0.643. The SMILES string of the molecule is O=C(NC1(c2ccc(Br)cc2F)CC1)c1ccc(F)cc1. The van der Waals surface area contributed by atoms with Crippen LogP contribution in [0.5, 0.6) is 0 Å². The Morgan fingerprint density at radius 3 is 2.33 bits per heavy atom. The van der Waals surface area contributed by atoms with Gasteiger partial charge in [-0.05, 0) is 49.2 Å². The van der Waals surface area contributed by atoms with Gasteiger partial charge >= 0.3 is 0 Å². The van der Waals surface area contributed by atoms with Gasteiger partial charge in [0.25, 0.3) is 5.91 Å². The maximum atomic E-state index is 14.1. The zero-order valence-corrected chi connectivity index (χ0v) is 12.6. The molecule has 1 amide bonds. The van der Waals surface area contributed by atoms with E-state index in [9.17, 15) is 13.6 Å². The van der Waals surface area contributed by atoms with Crippen molar-refractivity contribution in [2.24, 2.45) is 0 Å². The van der Waals surface area contributed by atoms with E-state index in [0.29, 0.717) is 28.4 Å². The summed E-state index contributed by atoms with van der Waals surface area (Å²) in [6, 6.07) is 10.1. The van der Waals surface area contributed by atoms with Crippen LogP contribution in [0.15, 0.2) is 46.9 Å². The van der Waals surface area contributed by atoms with E-state index in [1.54, 1.807) is 12.1 Å². The summed E-state index contributed by atoms with van der Waals surface area (Å²) in [5.41, 5.74) is 0.206. The van der Waals surface area contributed by atoms with Crippen LogP contribution >= 0.6 is 15.9 Å². The van der Waals surface area contributed by atoms with E-state index >= 15 is 0 Å². The topological polar surface area (TPSA) is 29.1 Å². The van der Waals surface area contributed by atoms with Crippen LogP contribution in [0.3, 0.4) is 0 Å². The number of hydrogen-bond donors (Lipinski definition) is 1. The molecule has 108 valence electrons. The number of halogens is 3. The molecule has 3 rings (SSSR count). The van der Waals surface area contributed by atoms with E-state index in [1.807, 2.05) is 0 Å². The molecule has 2 nitrogen and oxygen atoms in total. The van der Waals surface area contributed by atoms with Crippen LogP contribution in [0, 0.1) is 11.6 Å². The number of carbonyl (C=O) groups is 1. The largest absolute Gasteiger partial charge is 0.342 e. The van der Waals surface area contributed by atoms with Crippen molar-refractivity contribution in [1.29, 1.82) is 0 Å². The molecule has 0 spiro atoms. The second-order valence-electron chi connectivity index (χ2n) is 5.17. The van der Waals surface area contributed by atoms with Gasteiger partial charge in [0, 0.05) is 15.6 Å². The van der Waals surface area contributed by atoms with Gasteiger partial charge in [-0.1, -0.05) is 22.0 Å². The van der Waals surface area contributed by atoms with Crippen LogP contribution in [0.4, 0.5) is 8.78 Å². The third-order valence-electron chi connectivity index (χ3n) is 3.66. The second-order valence-corrected chi connectivity index (χ2v) is 6.08. The summed E-state index contributed by atoms with van der Waals surface area (Å²) in [6.07, 6.45) is 1.39. The first kappa shape index (κ1) is 14.2. The Labute approximate surface area is 129 Å². The van der Waals surface area contributed by atoms with Crippen molar-refractivity contribution in [3.8, 4) is 0 Å². The Morgan fingerprint density at radius 2 is 1.76 bits per heavy atom. The zero-order valence-electron chi connectivity index (χ0n) is 11.0. The molecule has 1 N–H and O–H groups in total. The Balaban J connectivity index is 1.83. The van der Waals surface area contributed by atoms with Crippen LogP contribution in [0.1, 0.15) is 28.8 Å². The normalized spacial score (nSPS) is 15.6. The van der Waals surface area contributed by atoms with Crippen molar-refractivity contribution in [3.63, 3.8) is 0 Å². The van der Waals surface area contributed by atoms with Gasteiger partial charge in [0.2, 0.25) is 0 Å². The first-order valence-electron chi connectivity index (χ1n) is 6.54. The van der Waals surface area contributed by atoms with Gasteiger partial charge in [-0.15, -0.1) is 0 Å². The first-order valence-corrected chi connectivity index (χ1v) is 7.33. The van der Waals surface area contributed by atoms with E-state index in [2.05, 4.69) is 21.2 Å². The number of carbonyl (C=O) groups excluding carboxylic acids is 1. The molecule has 1 aliphatic rings. The summed E-state index contributed by atoms with van der Waals surface area (Å²) >= 11 is 3.21. The number of rotatable bonds is 3. The Kier molecular flexibility index (Phi) is 3.53. The highest BCUT2D eigenvalue weighted by molar-refractivity contribution is 9.10. The Bertz CT molecular complexity index is 696. The monoisotopic (exact) mass is 351 g/mol. The molecule has 0 aliphatic heterocycles. The van der Waals surface area contributed by atoms with Crippen LogP contribution in [-0.2, 0) is 5.54 Å². The highest BCUT2D eigenvalue weighted by Crippen LogP contribution is 2.47. The van der Waals surface area contributed by atoms with Gasteiger partial charge in [-0.3, -0.25) is 4.79 Å². The highest BCUT2D eigenvalue weighted by Gasteiger charge is 2.47. The summed E-state index contributed by atoms with van der Waals surface area (Å²) in [4.78, 5) is 12.2. The molecule has 0 aromatic heterocycles. The molecule has 1 aliphatic carbocycles. The third-order valence-corrected chi connectivity index (χ3v) is 4.15. The Hall–Kier alpha value is -1.75. The molecule has 2 aromatic rings. The molecule has 0 saturated heterocycles. The molecule has 1 fully saturated rings. The van der Waals surface area contributed by atoms with Crippen LogP contribution < -0.4 is 5.32 Å². The van der Waals surface area contributed by atoms with Gasteiger partial charge in [0.05, 0.1) is 5.54 Å². The fourth-order valence-corrected chi connectivity index (χ4v) is 2.69. The predicted molar refractivity (Wildman–Crippen MR) is 78.9 cm³/mol. The lowest BCUT2D eigenvalue weighted by Crippen LogP contribution is -2.35. The summed E-state index contributed by atoms with van der Waals surface area (Å²) < 4.78 is 27.6. The van der Waals surface area contributed by atoms with Gasteiger partial charge in [-0.25, -0.2) is 8.78 Å².